The molecular formula is C16H25N3OS. The Morgan fingerprint density at radius 3 is 2.95 bits per heavy atom. The highest BCUT2D eigenvalue weighted by atomic mass is 32.2. The molecule has 1 aliphatic heterocycles. The Balaban J connectivity index is 1.84. The number of nitrogens with one attached hydrogen (secondary N) is 1. The van der Waals surface area contributed by atoms with Gasteiger partial charge >= 0.3 is 0 Å². The largest absolute Gasteiger partial charge is 0.398 e. The van der Waals surface area contributed by atoms with Crippen LogP contribution in [-0.4, -0.2) is 40.9 Å². The minimum Gasteiger partial charge on any atom is -0.398 e. The first-order valence-corrected chi connectivity index (χ1v) is 8.37. The van der Waals surface area contributed by atoms with Crippen LogP contribution in [-0.2, 0) is 4.79 Å². The van der Waals surface area contributed by atoms with Crippen LogP contribution in [0.15, 0.2) is 18.2 Å². The molecule has 2 rings (SSSR count). The maximum Gasteiger partial charge on any atom is 0.225 e. The SMILES string of the molecule is Cc1c(N)cccc1NC(=O)CCN1CCSC(C)(C)C1. The smallest absolute Gasteiger partial charge is 0.225 e. The van der Waals surface area contributed by atoms with Crippen molar-refractivity contribution in [2.24, 2.45) is 0 Å². The lowest BCUT2D eigenvalue weighted by Gasteiger charge is -2.37. The van der Waals surface area contributed by atoms with Crippen molar-refractivity contribution in [3.8, 4) is 0 Å². The number of rotatable bonds is 4. The zero-order valence-corrected chi connectivity index (χ0v) is 13.9. The fourth-order valence-electron chi connectivity index (χ4n) is 2.57. The Bertz CT molecular complexity index is 516. The monoisotopic (exact) mass is 307 g/mol. The summed E-state index contributed by atoms with van der Waals surface area (Å²) in [5.41, 5.74) is 8.31. The summed E-state index contributed by atoms with van der Waals surface area (Å²) in [4.78, 5) is 14.5. The molecule has 0 unspecified atom stereocenters. The molecule has 1 fully saturated rings. The number of carbonyl (C=O) groups is 1. The van der Waals surface area contributed by atoms with E-state index in [1.165, 1.54) is 0 Å². The van der Waals surface area contributed by atoms with Gasteiger partial charge in [-0.15, -0.1) is 0 Å². The minimum atomic E-state index is 0.0553. The van der Waals surface area contributed by atoms with Crippen molar-refractivity contribution < 1.29 is 4.79 Å². The first-order chi connectivity index (χ1) is 9.87. The second kappa shape index (κ2) is 6.71. The van der Waals surface area contributed by atoms with E-state index in [1.54, 1.807) is 0 Å². The molecule has 4 nitrogen and oxygen atoms in total. The van der Waals surface area contributed by atoms with Gasteiger partial charge in [-0.3, -0.25) is 4.79 Å². The lowest BCUT2D eigenvalue weighted by molar-refractivity contribution is -0.116. The summed E-state index contributed by atoms with van der Waals surface area (Å²) >= 11 is 2.01. The van der Waals surface area contributed by atoms with E-state index in [1.807, 2.05) is 36.9 Å². The topological polar surface area (TPSA) is 58.4 Å². The van der Waals surface area contributed by atoms with Crippen molar-refractivity contribution in [1.82, 2.24) is 4.90 Å². The number of amides is 1. The third-order valence-corrected chi connectivity index (χ3v) is 5.11. The summed E-state index contributed by atoms with van der Waals surface area (Å²) in [6.07, 6.45) is 0.523. The van der Waals surface area contributed by atoms with Gasteiger partial charge in [0.25, 0.3) is 0 Å². The van der Waals surface area contributed by atoms with Crippen LogP contribution in [0.25, 0.3) is 0 Å². The van der Waals surface area contributed by atoms with Crippen LogP contribution in [0, 0.1) is 6.92 Å². The normalized spacial score (nSPS) is 18.4. The van der Waals surface area contributed by atoms with E-state index < -0.39 is 0 Å². The summed E-state index contributed by atoms with van der Waals surface area (Å²) in [6.45, 7) is 9.38. The van der Waals surface area contributed by atoms with Gasteiger partial charge in [0.1, 0.15) is 0 Å². The molecule has 116 valence electrons. The number of anilines is 2. The van der Waals surface area contributed by atoms with Gasteiger partial charge in [0.15, 0.2) is 0 Å². The molecule has 21 heavy (non-hydrogen) atoms. The predicted molar refractivity (Wildman–Crippen MR) is 91.8 cm³/mol. The molecule has 5 heteroatoms. The summed E-state index contributed by atoms with van der Waals surface area (Å²) < 4.78 is 0.291. The van der Waals surface area contributed by atoms with E-state index >= 15 is 0 Å². The van der Waals surface area contributed by atoms with Crippen molar-refractivity contribution >= 4 is 29.0 Å². The molecule has 0 aromatic heterocycles. The first kappa shape index (κ1) is 16.2. The van der Waals surface area contributed by atoms with Crippen molar-refractivity contribution in [2.45, 2.75) is 31.9 Å². The molecule has 1 aromatic rings. The highest BCUT2D eigenvalue weighted by Crippen LogP contribution is 2.29. The van der Waals surface area contributed by atoms with Gasteiger partial charge in [-0.25, -0.2) is 0 Å². The van der Waals surface area contributed by atoms with Crippen molar-refractivity contribution in [2.75, 3.05) is 36.4 Å². The Kier molecular flexibility index (Phi) is 5.17. The van der Waals surface area contributed by atoms with Crippen molar-refractivity contribution in [3.63, 3.8) is 0 Å². The lowest BCUT2D eigenvalue weighted by Crippen LogP contribution is -2.44. The number of nitrogens with zero attached hydrogens (tertiary/aromatic N) is 1. The van der Waals surface area contributed by atoms with E-state index in [0.29, 0.717) is 16.9 Å². The van der Waals surface area contributed by atoms with Gasteiger partial charge < -0.3 is 16.0 Å². The predicted octanol–water partition coefficient (Wildman–Crippen LogP) is 2.73. The Labute approximate surface area is 131 Å². The van der Waals surface area contributed by atoms with Crippen LogP contribution in [0.1, 0.15) is 25.8 Å². The summed E-state index contributed by atoms with van der Waals surface area (Å²) in [5, 5.41) is 2.96. The minimum absolute atomic E-state index is 0.0553. The lowest BCUT2D eigenvalue weighted by atomic mass is 10.1. The molecule has 0 aliphatic carbocycles. The second-order valence-corrected chi connectivity index (χ2v) is 8.00. The number of hydrogen-bond acceptors (Lipinski definition) is 4. The summed E-state index contributed by atoms with van der Waals surface area (Å²) in [5.74, 6) is 1.20. The third kappa shape index (κ3) is 4.64. The number of hydrogen-bond donors (Lipinski definition) is 2. The van der Waals surface area contributed by atoms with Gasteiger partial charge in [-0.05, 0) is 38.5 Å². The molecule has 0 saturated carbocycles. The highest BCUT2D eigenvalue weighted by Gasteiger charge is 2.26. The fraction of sp³-hybridized carbons (Fsp3) is 0.562. The van der Waals surface area contributed by atoms with Crippen LogP contribution in [0.3, 0.4) is 0 Å². The average Bonchev–Trinajstić information content (AvgIpc) is 2.41. The molecule has 1 amide bonds. The molecule has 1 aromatic carbocycles. The molecule has 1 heterocycles. The van der Waals surface area contributed by atoms with E-state index in [4.69, 9.17) is 5.73 Å². The molecule has 0 bridgehead atoms. The number of nitrogen functional groups attached to an aromatic ring is 1. The maximum atomic E-state index is 12.1. The fourth-order valence-corrected chi connectivity index (χ4v) is 3.74. The van der Waals surface area contributed by atoms with Gasteiger partial charge in [0.05, 0.1) is 0 Å². The van der Waals surface area contributed by atoms with Crippen LogP contribution in [0.4, 0.5) is 11.4 Å². The Hall–Kier alpha value is -1.20. The molecule has 1 aliphatic rings. The number of thioether (sulfide) groups is 1. The van der Waals surface area contributed by atoms with E-state index in [-0.39, 0.29) is 5.91 Å². The van der Waals surface area contributed by atoms with E-state index in [2.05, 4.69) is 24.1 Å². The molecule has 0 radical (unpaired) electrons. The molecule has 3 N–H and O–H groups in total. The third-order valence-electron chi connectivity index (χ3n) is 3.81. The molecule has 0 spiro atoms. The van der Waals surface area contributed by atoms with Crippen molar-refractivity contribution in [1.29, 1.82) is 0 Å². The standard InChI is InChI=1S/C16H25N3OS/c1-12-13(17)5-4-6-14(12)18-15(20)7-8-19-9-10-21-16(2,3)11-19/h4-6H,7-11,17H2,1-3H3,(H,18,20). The summed E-state index contributed by atoms with van der Waals surface area (Å²) in [6, 6.07) is 5.60. The number of benzene rings is 1. The van der Waals surface area contributed by atoms with Gasteiger partial charge in [-0.2, -0.15) is 11.8 Å². The van der Waals surface area contributed by atoms with E-state index in [0.717, 1.165) is 36.6 Å². The zero-order valence-electron chi connectivity index (χ0n) is 13.1. The number of nitrogens with two attached hydrogens (primary N) is 1. The Morgan fingerprint density at radius 2 is 2.24 bits per heavy atom. The first-order valence-electron chi connectivity index (χ1n) is 7.39. The molecule has 0 atom stereocenters. The zero-order chi connectivity index (χ0) is 15.5. The van der Waals surface area contributed by atoms with Crippen LogP contribution >= 0.6 is 11.8 Å². The number of carbonyl (C=O) groups excluding carboxylic acids is 1. The summed E-state index contributed by atoms with van der Waals surface area (Å²) in [7, 11) is 0. The van der Waals surface area contributed by atoms with Crippen LogP contribution < -0.4 is 11.1 Å². The second-order valence-electron chi connectivity index (χ2n) is 6.20. The van der Waals surface area contributed by atoms with Crippen LogP contribution in [0.2, 0.25) is 0 Å². The van der Waals surface area contributed by atoms with Gasteiger partial charge in [0.2, 0.25) is 5.91 Å². The highest BCUT2D eigenvalue weighted by molar-refractivity contribution is 8.00. The molecular weight excluding hydrogens is 282 g/mol. The van der Waals surface area contributed by atoms with E-state index in [9.17, 15) is 4.79 Å². The Morgan fingerprint density at radius 1 is 1.48 bits per heavy atom. The van der Waals surface area contributed by atoms with Crippen LogP contribution in [0.5, 0.6) is 0 Å². The van der Waals surface area contributed by atoms with Gasteiger partial charge in [0, 0.05) is 47.9 Å². The quantitative estimate of drug-likeness (QED) is 0.840. The molecule has 1 saturated heterocycles. The average molecular weight is 307 g/mol. The maximum absolute atomic E-state index is 12.1. The van der Waals surface area contributed by atoms with Gasteiger partial charge in [-0.1, -0.05) is 6.07 Å². The van der Waals surface area contributed by atoms with Crippen molar-refractivity contribution in [3.05, 3.63) is 23.8 Å².